The van der Waals surface area contributed by atoms with E-state index in [2.05, 4.69) is 5.32 Å². The third kappa shape index (κ3) is 4.48. The Morgan fingerprint density at radius 2 is 1.71 bits per heavy atom. The minimum atomic E-state index is -1.08. The third-order valence-electron chi connectivity index (χ3n) is 3.80. The summed E-state index contributed by atoms with van der Waals surface area (Å²) in [4.78, 5) is 25.2. The van der Waals surface area contributed by atoms with Gasteiger partial charge in [-0.05, 0) is 17.9 Å². The lowest BCUT2D eigenvalue weighted by Crippen LogP contribution is -2.49. The molecule has 1 unspecified atom stereocenters. The summed E-state index contributed by atoms with van der Waals surface area (Å²) in [6.07, 6.45) is 0. The normalized spacial score (nSPS) is 14.1. The molecule has 21 heavy (non-hydrogen) atoms. The molecular formula is C16H24N2O3. The van der Waals surface area contributed by atoms with Crippen LogP contribution in [0.5, 0.6) is 0 Å². The molecule has 5 heteroatoms. The van der Waals surface area contributed by atoms with Crippen molar-refractivity contribution in [2.75, 3.05) is 7.05 Å². The number of hydrogen-bond donors (Lipinski definition) is 2. The molecule has 0 heterocycles. The number of rotatable bonds is 4. The number of urea groups is 1. The maximum Gasteiger partial charge on any atom is 0.330 e. The quantitative estimate of drug-likeness (QED) is 0.896. The van der Waals surface area contributed by atoms with E-state index >= 15 is 0 Å². The van der Waals surface area contributed by atoms with E-state index in [1.54, 1.807) is 42.3 Å². The van der Waals surface area contributed by atoms with Crippen molar-refractivity contribution < 1.29 is 14.7 Å². The number of benzene rings is 1. The summed E-state index contributed by atoms with van der Waals surface area (Å²) in [6, 6.07) is 7.21. The first-order valence-electron chi connectivity index (χ1n) is 6.95. The SMILES string of the molecule is CC(N(C)C(=O)N[C@@H](C(=O)O)c1ccccc1)C(C)(C)C. The summed E-state index contributed by atoms with van der Waals surface area (Å²) in [5.74, 6) is -1.08. The number of amides is 2. The highest BCUT2D eigenvalue weighted by Crippen LogP contribution is 2.23. The van der Waals surface area contributed by atoms with Gasteiger partial charge >= 0.3 is 12.0 Å². The van der Waals surface area contributed by atoms with Gasteiger partial charge in [0.2, 0.25) is 0 Å². The van der Waals surface area contributed by atoms with Crippen molar-refractivity contribution in [2.45, 2.75) is 39.8 Å². The lowest BCUT2D eigenvalue weighted by Gasteiger charge is -2.35. The summed E-state index contributed by atoms with van der Waals surface area (Å²) in [5.41, 5.74) is 0.465. The number of nitrogens with zero attached hydrogens (tertiary/aromatic N) is 1. The second-order valence-corrected chi connectivity index (χ2v) is 6.28. The van der Waals surface area contributed by atoms with E-state index in [0.29, 0.717) is 5.56 Å². The van der Waals surface area contributed by atoms with Crippen molar-refractivity contribution in [1.82, 2.24) is 10.2 Å². The highest BCUT2D eigenvalue weighted by molar-refractivity contribution is 5.83. The Kier molecular flexibility index (Phi) is 5.35. The lowest BCUT2D eigenvalue weighted by atomic mass is 9.87. The smallest absolute Gasteiger partial charge is 0.330 e. The Morgan fingerprint density at radius 1 is 1.19 bits per heavy atom. The maximum absolute atomic E-state index is 12.3. The number of hydrogen-bond acceptors (Lipinski definition) is 2. The zero-order valence-corrected chi connectivity index (χ0v) is 13.3. The molecule has 116 valence electrons. The molecule has 0 radical (unpaired) electrons. The average Bonchev–Trinajstić information content (AvgIpc) is 2.42. The molecule has 1 rings (SSSR count). The van der Waals surface area contributed by atoms with Crippen LogP contribution in [0.25, 0.3) is 0 Å². The Labute approximate surface area is 126 Å². The highest BCUT2D eigenvalue weighted by Gasteiger charge is 2.30. The molecule has 0 saturated carbocycles. The minimum Gasteiger partial charge on any atom is -0.479 e. The van der Waals surface area contributed by atoms with E-state index in [-0.39, 0.29) is 11.5 Å². The number of carbonyl (C=O) groups excluding carboxylic acids is 1. The maximum atomic E-state index is 12.3. The first-order chi connectivity index (χ1) is 9.64. The minimum absolute atomic E-state index is 0.0253. The highest BCUT2D eigenvalue weighted by atomic mass is 16.4. The van der Waals surface area contributed by atoms with Crippen LogP contribution in [0.15, 0.2) is 30.3 Å². The molecule has 0 aliphatic carbocycles. The summed E-state index contributed by atoms with van der Waals surface area (Å²) in [5, 5.41) is 11.9. The van der Waals surface area contributed by atoms with Gasteiger partial charge in [0.05, 0.1) is 0 Å². The van der Waals surface area contributed by atoms with Gasteiger partial charge in [0.15, 0.2) is 6.04 Å². The molecule has 5 nitrogen and oxygen atoms in total. The van der Waals surface area contributed by atoms with E-state index in [4.69, 9.17) is 0 Å². The lowest BCUT2D eigenvalue weighted by molar-refractivity contribution is -0.139. The third-order valence-corrected chi connectivity index (χ3v) is 3.80. The number of carbonyl (C=O) groups is 2. The first-order valence-corrected chi connectivity index (χ1v) is 6.95. The van der Waals surface area contributed by atoms with E-state index < -0.39 is 18.0 Å². The van der Waals surface area contributed by atoms with Gasteiger partial charge in [0, 0.05) is 13.1 Å². The van der Waals surface area contributed by atoms with Crippen LogP contribution in [0.3, 0.4) is 0 Å². The number of carboxylic acid groups (broad SMARTS) is 1. The van der Waals surface area contributed by atoms with Crippen LogP contribution in [-0.2, 0) is 4.79 Å². The molecule has 1 aromatic rings. The Balaban J connectivity index is 2.86. The van der Waals surface area contributed by atoms with E-state index in [9.17, 15) is 14.7 Å². The molecule has 0 aliphatic rings. The predicted octanol–water partition coefficient (Wildman–Crippen LogP) is 2.89. The van der Waals surface area contributed by atoms with Gasteiger partial charge in [-0.25, -0.2) is 9.59 Å². The van der Waals surface area contributed by atoms with Gasteiger partial charge in [-0.2, -0.15) is 0 Å². The van der Waals surface area contributed by atoms with E-state index in [0.717, 1.165) is 0 Å². The molecule has 1 aromatic carbocycles. The van der Waals surface area contributed by atoms with E-state index in [1.807, 2.05) is 27.7 Å². The molecule has 0 bridgehead atoms. The predicted molar refractivity (Wildman–Crippen MR) is 82.0 cm³/mol. The molecule has 0 spiro atoms. The van der Waals surface area contributed by atoms with Gasteiger partial charge in [0.25, 0.3) is 0 Å². The van der Waals surface area contributed by atoms with Crippen LogP contribution in [0, 0.1) is 5.41 Å². The fraction of sp³-hybridized carbons (Fsp3) is 0.500. The standard InChI is InChI=1S/C16H24N2O3/c1-11(16(2,3)4)18(5)15(21)17-13(14(19)20)12-9-7-6-8-10-12/h6-11,13H,1-5H3,(H,17,21)(H,19,20)/t11?,13-/m1/s1. The van der Waals surface area contributed by atoms with Crippen molar-refractivity contribution in [2.24, 2.45) is 5.41 Å². The monoisotopic (exact) mass is 292 g/mol. The second kappa shape index (κ2) is 6.61. The van der Waals surface area contributed by atoms with Crippen molar-refractivity contribution in [3.8, 4) is 0 Å². The van der Waals surface area contributed by atoms with Crippen molar-refractivity contribution >= 4 is 12.0 Å². The number of aliphatic carboxylic acids is 1. The van der Waals surface area contributed by atoms with Gasteiger partial charge in [-0.3, -0.25) is 0 Å². The molecule has 2 amide bonds. The first kappa shape index (κ1) is 17.0. The Hall–Kier alpha value is -2.04. The topological polar surface area (TPSA) is 69.6 Å². The van der Waals surface area contributed by atoms with Gasteiger partial charge in [-0.15, -0.1) is 0 Å². The zero-order chi connectivity index (χ0) is 16.2. The number of carboxylic acids is 1. The van der Waals surface area contributed by atoms with Crippen LogP contribution >= 0.6 is 0 Å². The fourth-order valence-electron chi connectivity index (χ4n) is 1.92. The summed E-state index contributed by atoms with van der Waals surface area (Å²) in [7, 11) is 1.68. The summed E-state index contributed by atoms with van der Waals surface area (Å²) < 4.78 is 0. The van der Waals surface area contributed by atoms with Crippen molar-refractivity contribution in [3.63, 3.8) is 0 Å². The van der Waals surface area contributed by atoms with Gasteiger partial charge in [0.1, 0.15) is 0 Å². The fourth-order valence-corrected chi connectivity index (χ4v) is 1.92. The van der Waals surface area contributed by atoms with Crippen LogP contribution < -0.4 is 5.32 Å². The van der Waals surface area contributed by atoms with Gasteiger partial charge < -0.3 is 15.3 Å². The number of nitrogens with one attached hydrogen (secondary N) is 1. The summed E-state index contributed by atoms with van der Waals surface area (Å²) in [6.45, 7) is 8.05. The van der Waals surface area contributed by atoms with Crippen molar-refractivity contribution in [1.29, 1.82) is 0 Å². The average molecular weight is 292 g/mol. The van der Waals surface area contributed by atoms with Gasteiger partial charge in [-0.1, -0.05) is 51.1 Å². The summed E-state index contributed by atoms with van der Waals surface area (Å²) >= 11 is 0. The van der Waals surface area contributed by atoms with E-state index in [1.165, 1.54) is 0 Å². The zero-order valence-electron chi connectivity index (χ0n) is 13.3. The van der Waals surface area contributed by atoms with Crippen LogP contribution in [-0.4, -0.2) is 35.1 Å². The molecule has 0 aliphatic heterocycles. The van der Waals surface area contributed by atoms with Crippen molar-refractivity contribution in [3.05, 3.63) is 35.9 Å². The largest absolute Gasteiger partial charge is 0.479 e. The van der Waals surface area contributed by atoms with Crippen LogP contribution in [0.2, 0.25) is 0 Å². The molecule has 2 N–H and O–H groups in total. The Morgan fingerprint density at radius 3 is 2.14 bits per heavy atom. The molecule has 2 atom stereocenters. The molecule has 0 saturated heterocycles. The van der Waals surface area contributed by atoms with Crippen LogP contribution in [0.4, 0.5) is 4.79 Å². The molecular weight excluding hydrogens is 268 g/mol. The molecule has 0 fully saturated rings. The second-order valence-electron chi connectivity index (χ2n) is 6.28. The molecule has 0 aromatic heterocycles. The van der Waals surface area contributed by atoms with Crippen LogP contribution in [0.1, 0.15) is 39.3 Å². The Bertz CT molecular complexity index is 494.